The molecule has 0 saturated carbocycles. The van der Waals surface area contributed by atoms with Gasteiger partial charge in [0.25, 0.3) is 0 Å². The minimum absolute atomic E-state index is 0.810. The minimum Gasteiger partial charge on any atom is -0.371 e. The van der Waals surface area contributed by atoms with E-state index in [0.717, 1.165) is 12.5 Å². The molecular formula is C13H21N3. The van der Waals surface area contributed by atoms with Crippen molar-refractivity contribution in [2.24, 2.45) is 5.92 Å². The Morgan fingerprint density at radius 2 is 2.44 bits per heavy atom. The summed E-state index contributed by atoms with van der Waals surface area (Å²) in [5.74, 6) is 0.810. The van der Waals surface area contributed by atoms with Crippen LogP contribution in [0.1, 0.15) is 25.3 Å². The van der Waals surface area contributed by atoms with E-state index in [1.165, 1.54) is 37.2 Å². The van der Waals surface area contributed by atoms with Gasteiger partial charge in [0.05, 0.1) is 0 Å². The van der Waals surface area contributed by atoms with Crippen molar-refractivity contribution < 1.29 is 0 Å². The van der Waals surface area contributed by atoms with Crippen LogP contribution in [0.3, 0.4) is 0 Å². The molecular weight excluding hydrogens is 198 g/mol. The predicted molar refractivity (Wildman–Crippen MR) is 67.6 cm³/mol. The number of piperidine rings is 1. The smallest absolute Gasteiger partial charge is 0.0442 e. The number of aromatic nitrogens is 1. The predicted octanol–water partition coefficient (Wildman–Crippen LogP) is 2.04. The zero-order chi connectivity index (χ0) is 11.4. The highest BCUT2D eigenvalue weighted by molar-refractivity contribution is 5.52. The van der Waals surface area contributed by atoms with Crippen LogP contribution in [0.2, 0.25) is 0 Å². The minimum atomic E-state index is 0.810. The van der Waals surface area contributed by atoms with Gasteiger partial charge in [-0.05, 0) is 31.9 Å². The third-order valence-corrected chi connectivity index (χ3v) is 3.24. The van der Waals surface area contributed by atoms with Crippen LogP contribution in [0.5, 0.6) is 0 Å². The van der Waals surface area contributed by atoms with E-state index in [0.29, 0.717) is 0 Å². The van der Waals surface area contributed by atoms with Crippen molar-refractivity contribution in [1.82, 2.24) is 10.3 Å². The first-order valence-electron chi connectivity index (χ1n) is 6.13. The van der Waals surface area contributed by atoms with Gasteiger partial charge in [0.1, 0.15) is 0 Å². The van der Waals surface area contributed by atoms with E-state index in [-0.39, 0.29) is 0 Å². The van der Waals surface area contributed by atoms with Gasteiger partial charge in [-0.3, -0.25) is 4.98 Å². The summed E-state index contributed by atoms with van der Waals surface area (Å²) in [5.41, 5.74) is 2.66. The summed E-state index contributed by atoms with van der Waals surface area (Å²) >= 11 is 0. The van der Waals surface area contributed by atoms with Crippen LogP contribution >= 0.6 is 0 Å². The Morgan fingerprint density at radius 1 is 1.56 bits per heavy atom. The molecule has 0 aromatic carbocycles. The summed E-state index contributed by atoms with van der Waals surface area (Å²) < 4.78 is 0. The zero-order valence-corrected chi connectivity index (χ0v) is 10.2. The summed E-state index contributed by atoms with van der Waals surface area (Å²) in [4.78, 5) is 6.71. The van der Waals surface area contributed by atoms with Gasteiger partial charge >= 0.3 is 0 Å². The first-order valence-corrected chi connectivity index (χ1v) is 6.13. The second-order valence-corrected chi connectivity index (χ2v) is 4.73. The molecule has 0 aliphatic carbocycles. The van der Waals surface area contributed by atoms with Gasteiger partial charge in [0.15, 0.2) is 0 Å². The van der Waals surface area contributed by atoms with Crippen LogP contribution < -0.4 is 10.2 Å². The lowest BCUT2D eigenvalue weighted by atomic mass is 9.99. The Hall–Kier alpha value is -1.09. The topological polar surface area (TPSA) is 28.2 Å². The molecule has 0 spiro atoms. The molecule has 1 aliphatic heterocycles. The molecule has 16 heavy (non-hydrogen) atoms. The normalized spacial score (nSPS) is 21.1. The number of nitrogens with one attached hydrogen (secondary N) is 1. The molecule has 3 heteroatoms. The van der Waals surface area contributed by atoms with E-state index in [9.17, 15) is 0 Å². The van der Waals surface area contributed by atoms with Crippen molar-refractivity contribution in [2.75, 3.05) is 25.0 Å². The number of anilines is 1. The fourth-order valence-corrected chi connectivity index (χ4v) is 2.46. The maximum Gasteiger partial charge on any atom is 0.0442 e. The van der Waals surface area contributed by atoms with E-state index in [4.69, 9.17) is 0 Å². The van der Waals surface area contributed by atoms with Gasteiger partial charge < -0.3 is 10.2 Å². The van der Waals surface area contributed by atoms with Crippen LogP contribution in [0, 0.1) is 5.92 Å². The summed E-state index contributed by atoms with van der Waals surface area (Å²) in [7, 11) is 1.98. The fourth-order valence-electron chi connectivity index (χ4n) is 2.46. The molecule has 2 rings (SSSR count). The lowest BCUT2D eigenvalue weighted by Crippen LogP contribution is -2.35. The third kappa shape index (κ3) is 2.53. The summed E-state index contributed by atoms with van der Waals surface area (Å²) in [5, 5.41) is 3.21. The standard InChI is InChI=1S/C13H21N3/c1-11-4-3-7-16(10-11)13-5-6-15-9-12(13)8-14-2/h5-6,9,11,14H,3-4,7-8,10H2,1-2H3. The van der Waals surface area contributed by atoms with Crippen molar-refractivity contribution in [1.29, 1.82) is 0 Å². The zero-order valence-electron chi connectivity index (χ0n) is 10.2. The van der Waals surface area contributed by atoms with E-state index in [1.54, 1.807) is 0 Å². The first-order chi connectivity index (χ1) is 7.81. The number of hydrogen-bond donors (Lipinski definition) is 1. The van der Waals surface area contributed by atoms with Crippen LogP contribution in [0.25, 0.3) is 0 Å². The second-order valence-electron chi connectivity index (χ2n) is 4.73. The average molecular weight is 219 g/mol. The molecule has 1 atom stereocenters. The van der Waals surface area contributed by atoms with Gasteiger partial charge in [-0.2, -0.15) is 0 Å². The van der Waals surface area contributed by atoms with Crippen LogP contribution in [0.4, 0.5) is 5.69 Å². The summed E-state index contributed by atoms with van der Waals surface area (Å²) in [6, 6.07) is 2.14. The van der Waals surface area contributed by atoms with E-state index in [1.807, 2.05) is 19.4 Å². The molecule has 1 aromatic rings. The second kappa shape index (κ2) is 5.30. The molecule has 2 heterocycles. The maximum atomic E-state index is 4.21. The van der Waals surface area contributed by atoms with Crippen LogP contribution in [0.15, 0.2) is 18.5 Å². The molecule has 1 N–H and O–H groups in total. The molecule has 1 unspecified atom stereocenters. The number of rotatable bonds is 3. The molecule has 0 radical (unpaired) electrons. The van der Waals surface area contributed by atoms with Crippen LogP contribution in [-0.4, -0.2) is 25.1 Å². The maximum absolute atomic E-state index is 4.21. The molecule has 0 amide bonds. The van der Waals surface area contributed by atoms with Crippen molar-refractivity contribution in [3.63, 3.8) is 0 Å². The van der Waals surface area contributed by atoms with Gasteiger partial charge in [0, 0.05) is 43.3 Å². The fraction of sp³-hybridized carbons (Fsp3) is 0.615. The monoisotopic (exact) mass is 219 g/mol. The van der Waals surface area contributed by atoms with E-state index >= 15 is 0 Å². The van der Waals surface area contributed by atoms with Crippen LogP contribution in [-0.2, 0) is 6.54 Å². The Kier molecular flexibility index (Phi) is 3.78. The van der Waals surface area contributed by atoms with Crippen molar-refractivity contribution in [3.05, 3.63) is 24.0 Å². The molecule has 1 aromatic heterocycles. The highest BCUT2D eigenvalue weighted by Gasteiger charge is 2.18. The molecule has 88 valence electrons. The Balaban J connectivity index is 2.17. The number of hydrogen-bond acceptors (Lipinski definition) is 3. The Morgan fingerprint density at radius 3 is 3.19 bits per heavy atom. The quantitative estimate of drug-likeness (QED) is 0.843. The van der Waals surface area contributed by atoms with E-state index < -0.39 is 0 Å². The van der Waals surface area contributed by atoms with Crippen molar-refractivity contribution in [2.45, 2.75) is 26.3 Å². The average Bonchev–Trinajstić information content (AvgIpc) is 2.30. The van der Waals surface area contributed by atoms with Gasteiger partial charge in [-0.1, -0.05) is 6.92 Å². The molecule has 1 saturated heterocycles. The summed E-state index contributed by atoms with van der Waals surface area (Å²) in [6.07, 6.45) is 6.55. The van der Waals surface area contributed by atoms with Gasteiger partial charge in [0.2, 0.25) is 0 Å². The molecule has 3 nitrogen and oxygen atoms in total. The highest BCUT2D eigenvalue weighted by Crippen LogP contribution is 2.25. The van der Waals surface area contributed by atoms with Crippen molar-refractivity contribution >= 4 is 5.69 Å². The largest absolute Gasteiger partial charge is 0.371 e. The third-order valence-electron chi connectivity index (χ3n) is 3.24. The SMILES string of the molecule is CNCc1cnccc1N1CCCC(C)C1. The lowest BCUT2D eigenvalue weighted by Gasteiger charge is -2.34. The first kappa shape index (κ1) is 11.4. The summed E-state index contributed by atoms with van der Waals surface area (Å²) in [6.45, 7) is 5.60. The van der Waals surface area contributed by atoms with Crippen molar-refractivity contribution in [3.8, 4) is 0 Å². The molecule has 0 bridgehead atoms. The highest BCUT2D eigenvalue weighted by atomic mass is 15.1. The molecule has 1 fully saturated rings. The van der Waals surface area contributed by atoms with E-state index in [2.05, 4.69) is 28.2 Å². The Bertz CT molecular complexity index is 338. The number of pyridine rings is 1. The lowest BCUT2D eigenvalue weighted by molar-refractivity contribution is 0.446. The molecule has 1 aliphatic rings. The number of nitrogens with zero attached hydrogens (tertiary/aromatic N) is 2. The Labute approximate surface area is 97.9 Å². The van der Waals surface area contributed by atoms with Gasteiger partial charge in [-0.25, -0.2) is 0 Å². The van der Waals surface area contributed by atoms with Gasteiger partial charge in [-0.15, -0.1) is 0 Å².